The van der Waals surface area contributed by atoms with E-state index in [-0.39, 0.29) is 31.4 Å². The Morgan fingerprint density at radius 2 is 1.52 bits per heavy atom. The first kappa shape index (κ1) is 45.2. The van der Waals surface area contributed by atoms with Crippen molar-refractivity contribution in [1.29, 1.82) is 5.26 Å². The maximum absolute atomic E-state index is 11.9. The van der Waals surface area contributed by atoms with Gasteiger partial charge in [-0.3, -0.25) is 20.1 Å². The Bertz CT molecular complexity index is 2530. The van der Waals surface area contributed by atoms with Gasteiger partial charge in [-0.15, -0.1) is 0 Å². The molecule has 0 unspecified atom stereocenters. The number of pyridine rings is 2. The van der Waals surface area contributed by atoms with Crippen molar-refractivity contribution < 1.29 is 34.3 Å². The fourth-order valence-corrected chi connectivity index (χ4v) is 7.16. The van der Waals surface area contributed by atoms with Gasteiger partial charge in [-0.1, -0.05) is 60.1 Å². The van der Waals surface area contributed by atoms with Crippen molar-refractivity contribution in [3.05, 3.63) is 159 Å². The summed E-state index contributed by atoms with van der Waals surface area (Å²) in [5.41, 5.74) is 9.43. The zero-order valence-electron chi connectivity index (χ0n) is 35.0. The lowest BCUT2D eigenvalue weighted by Crippen LogP contribution is -2.52. The lowest BCUT2D eigenvalue weighted by molar-refractivity contribution is -0.145. The van der Waals surface area contributed by atoms with Crippen LogP contribution in [0.2, 0.25) is 5.02 Å². The van der Waals surface area contributed by atoms with Crippen molar-refractivity contribution in [3.8, 4) is 45.6 Å². The first-order valence-corrected chi connectivity index (χ1v) is 20.6. The van der Waals surface area contributed by atoms with Crippen molar-refractivity contribution in [2.45, 2.75) is 59.0 Å². The van der Waals surface area contributed by atoms with Crippen LogP contribution in [-0.4, -0.2) is 63.2 Å². The molecule has 0 radical (unpaired) electrons. The van der Waals surface area contributed by atoms with Crippen LogP contribution < -0.4 is 24.8 Å². The Morgan fingerprint density at radius 3 is 2.26 bits per heavy atom. The van der Waals surface area contributed by atoms with Crippen LogP contribution in [-0.2, 0) is 37.5 Å². The molecular weight excluding hydrogens is 806 g/mol. The molecule has 2 heterocycles. The summed E-state index contributed by atoms with van der Waals surface area (Å²) < 4.78 is 18.8. The van der Waals surface area contributed by atoms with Gasteiger partial charge in [-0.05, 0) is 95.6 Å². The molecule has 2 aromatic heterocycles. The predicted octanol–water partition coefficient (Wildman–Crippen LogP) is 7.74. The number of nitrogens with one attached hydrogen (secondary N) is 2. The van der Waals surface area contributed by atoms with Gasteiger partial charge in [0.2, 0.25) is 0 Å². The second-order valence-electron chi connectivity index (χ2n) is 15.1. The van der Waals surface area contributed by atoms with Crippen molar-refractivity contribution >= 4 is 17.6 Å². The van der Waals surface area contributed by atoms with Gasteiger partial charge < -0.3 is 34.8 Å². The van der Waals surface area contributed by atoms with Gasteiger partial charge in [0.05, 0.1) is 30.4 Å². The molecule has 0 aliphatic rings. The van der Waals surface area contributed by atoms with Gasteiger partial charge in [0.15, 0.2) is 0 Å². The molecule has 0 aliphatic heterocycles. The fourth-order valence-electron chi connectivity index (χ4n) is 6.92. The number of nitrogens with zero attached hydrogens (tertiary/aromatic N) is 3. The van der Waals surface area contributed by atoms with E-state index in [2.05, 4.69) is 76.9 Å². The number of carboxylic acid groups (broad SMARTS) is 1. The molecule has 320 valence electrons. The topological polar surface area (TPSA) is 179 Å². The average molecular weight is 856 g/mol. The standard InChI is InChI=1S/C49H50ClN5O7/c1-32-38(30-62-47-22-46(61-29-36-19-35(23-51)25-54-26-36)40(21-44(47)50)28-55-49(3,31-57)48(58)59)8-4-10-42(32)43-11-5-9-41(33(43)2)37-12-13-45(39(20-37)27-53-16-17-56)60-18-14-34-7-6-15-52-24-34/h4-13,15,19-22,24-26,53,55-57H,14,16-18,27-31H2,1-3H3,(H,58,59)/t49-/m0/s1. The molecule has 0 saturated heterocycles. The third-order valence-electron chi connectivity index (χ3n) is 10.7. The molecule has 0 saturated carbocycles. The summed E-state index contributed by atoms with van der Waals surface area (Å²) in [5.74, 6) is 0.308. The van der Waals surface area contributed by atoms with Crippen molar-refractivity contribution in [3.63, 3.8) is 0 Å². The molecule has 62 heavy (non-hydrogen) atoms. The van der Waals surface area contributed by atoms with Crippen molar-refractivity contribution in [2.24, 2.45) is 0 Å². The molecule has 0 amide bonds. The molecule has 4 aromatic carbocycles. The number of aliphatic hydroxyl groups is 2. The van der Waals surface area contributed by atoms with Gasteiger partial charge in [0, 0.05) is 73.6 Å². The Hall–Kier alpha value is -6.33. The zero-order valence-corrected chi connectivity index (χ0v) is 35.7. The van der Waals surface area contributed by atoms with Crippen molar-refractivity contribution in [1.82, 2.24) is 20.6 Å². The zero-order chi connectivity index (χ0) is 44.1. The highest BCUT2D eigenvalue weighted by Gasteiger charge is 2.32. The van der Waals surface area contributed by atoms with Crippen LogP contribution >= 0.6 is 11.6 Å². The summed E-state index contributed by atoms with van der Waals surface area (Å²) in [6.07, 6.45) is 7.39. The van der Waals surface area contributed by atoms with E-state index in [1.54, 1.807) is 30.6 Å². The van der Waals surface area contributed by atoms with Gasteiger partial charge in [0.1, 0.15) is 42.1 Å². The third kappa shape index (κ3) is 11.3. The minimum absolute atomic E-state index is 0.0153. The molecule has 1 atom stereocenters. The van der Waals surface area contributed by atoms with Gasteiger partial charge in [-0.25, -0.2) is 0 Å². The van der Waals surface area contributed by atoms with E-state index in [1.807, 2.05) is 36.5 Å². The van der Waals surface area contributed by atoms with Gasteiger partial charge >= 0.3 is 5.97 Å². The van der Waals surface area contributed by atoms with Crippen LogP contribution in [0, 0.1) is 25.2 Å². The summed E-state index contributed by atoms with van der Waals surface area (Å²) in [5, 5.41) is 44.8. The van der Waals surface area contributed by atoms with E-state index in [1.165, 1.54) is 13.1 Å². The second-order valence-corrected chi connectivity index (χ2v) is 15.5. The summed E-state index contributed by atoms with van der Waals surface area (Å²) in [6.45, 7) is 6.76. The van der Waals surface area contributed by atoms with Crippen LogP contribution in [0.15, 0.2) is 110 Å². The molecule has 6 aromatic rings. The smallest absolute Gasteiger partial charge is 0.326 e. The van der Waals surface area contributed by atoms with Crippen LogP contribution in [0.4, 0.5) is 0 Å². The predicted molar refractivity (Wildman–Crippen MR) is 238 cm³/mol. The molecule has 0 spiro atoms. The van der Waals surface area contributed by atoms with Gasteiger partial charge in [-0.2, -0.15) is 5.26 Å². The lowest BCUT2D eigenvalue weighted by Gasteiger charge is -2.25. The molecule has 12 nitrogen and oxygen atoms in total. The Balaban J connectivity index is 1.23. The Morgan fingerprint density at radius 1 is 0.774 bits per heavy atom. The Labute approximate surface area is 366 Å². The van der Waals surface area contributed by atoms with E-state index in [0.29, 0.717) is 47.9 Å². The molecule has 0 bridgehead atoms. The van der Waals surface area contributed by atoms with E-state index >= 15 is 0 Å². The lowest BCUT2D eigenvalue weighted by atomic mass is 9.89. The van der Waals surface area contributed by atoms with E-state index in [0.717, 1.165) is 62.2 Å². The normalized spacial score (nSPS) is 12.0. The van der Waals surface area contributed by atoms with E-state index < -0.39 is 18.1 Å². The van der Waals surface area contributed by atoms with Gasteiger partial charge in [0.25, 0.3) is 0 Å². The molecular formula is C49H50ClN5O7. The minimum Gasteiger partial charge on any atom is -0.493 e. The number of hydrogen-bond acceptors (Lipinski definition) is 11. The number of aliphatic carboxylic acids is 1. The summed E-state index contributed by atoms with van der Waals surface area (Å²) in [7, 11) is 0. The van der Waals surface area contributed by atoms with Crippen LogP contribution in [0.1, 0.15) is 51.4 Å². The number of benzene rings is 4. The minimum atomic E-state index is -1.61. The van der Waals surface area contributed by atoms with Crippen LogP contribution in [0.25, 0.3) is 22.3 Å². The molecule has 0 fully saturated rings. The Kier molecular flexibility index (Phi) is 15.6. The summed E-state index contributed by atoms with van der Waals surface area (Å²) in [4.78, 5) is 20.2. The highest BCUT2D eigenvalue weighted by atomic mass is 35.5. The molecule has 5 N–H and O–H groups in total. The summed E-state index contributed by atoms with van der Waals surface area (Å²) in [6, 6.07) is 29.7. The summed E-state index contributed by atoms with van der Waals surface area (Å²) >= 11 is 6.80. The number of aliphatic hydroxyl groups excluding tert-OH is 2. The molecule has 6 rings (SSSR count). The fraction of sp³-hybridized carbons (Fsp3) is 0.265. The molecule has 0 aliphatic carbocycles. The highest BCUT2D eigenvalue weighted by molar-refractivity contribution is 6.32. The second kappa shape index (κ2) is 21.5. The van der Waals surface area contributed by atoms with Crippen molar-refractivity contribution in [2.75, 3.05) is 26.4 Å². The number of nitriles is 1. The van der Waals surface area contributed by atoms with Crippen LogP contribution in [0.5, 0.6) is 17.2 Å². The average Bonchev–Trinajstić information content (AvgIpc) is 3.29. The number of ether oxygens (including phenoxy) is 3. The first-order valence-electron chi connectivity index (χ1n) is 20.2. The maximum atomic E-state index is 11.9. The number of rotatable bonds is 21. The van der Waals surface area contributed by atoms with E-state index in [4.69, 9.17) is 25.8 Å². The number of hydrogen-bond donors (Lipinski definition) is 5. The number of carboxylic acids is 1. The third-order valence-corrected chi connectivity index (χ3v) is 11.0. The number of halogens is 1. The first-order chi connectivity index (χ1) is 30.0. The number of carbonyl (C=O) groups is 1. The monoisotopic (exact) mass is 855 g/mol. The highest BCUT2D eigenvalue weighted by Crippen LogP contribution is 2.38. The largest absolute Gasteiger partial charge is 0.493 e. The maximum Gasteiger partial charge on any atom is 0.326 e. The molecule has 13 heteroatoms. The SMILES string of the molecule is Cc1c(COc2cc(OCc3cncc(C#N)c3)c(CN[C@@](C)(CO)C(=O)O)cc2Cl)cccc1-c1cccc(-c2ccc(OCCc3cccnc3)c(CNCCO)c2)c1C. The van der Waals surface area contributed by atoms with E-state index in [9.17, 15) is 25.4 Å². The number of aromatic nitrogens is 2. The van der Waals surface area contributed by atoms with Crippen LogP contribution in [0.3, 0.4) is 0 Å². The quantitative estimate of drug-likeness (QED) is 0.0446.